The van der Waals surface area contributed by atoms with E-state index in [0.717, 1.165) is 0 Å². The van der Waals surface area contributed by atoms with E-state index in [2.05, 4.69) is 16.0 Å². The molecule has 0 rings (SSSR count). The third kappa shape index (κ3) is 9.89. The highest BCUT2D eigenvalue weighted by atomic mass is 32.2. The molecule has 0 fully saturated rings. The summed E-state index contributed by atoms with van der Waals surface area (Å²) in [6.07, 6.45) is 1.34. The van der Waals surface area contributed by atoms with Crippen LogP contribution in [0.25, 0.3) is 0 Å². The Hall–Kier alpha value is -2.38. The summed E-state index contributed by atoms with van der Waals surface area (Å²) in [4.78, 5) is 58.9. The molecule has 4 atom stereocenters. The fraction of sp³-hybridized carbons (Fsp3) is 0.706. The van der Waals surface area contributed by atoms with Crippen molar-refractivity contribution in [1.82, 2.24) is 16.0 Å². The number of carboxylic acids is 2. The maximum atomic E-state index is 12.7. The lowest BCUT2D eigenvalue weighted by Crippen LogP contribution is -2.58. The first-order valence-electron chi connectivity index (χ1n) is 9.15. The molecule has 0 aliphatic rings. The van der Waals surface area contributed by atoms with Crippen LogP contribution in [0.5, 0.6) is 0 Å². The van der Waals surface area contributed by atoms with Crippen LogP contribution in [0.4, 0.5) is 0 Å². The highest BCUT2D eigenvalue weighted by Gasteiger charge is 2.31. The van der Waals surface area contributed by atoms with E-state index in [0.29, 0.717) is 5.75 Å². The minimum Gasteiger partial charge on any atom is -0.481 e. The normalized spacial score (nSPS) is 14.9. The Morgan fingerprint density at radius 2 is 1.50 bits per heavy atom. The second-order valence-corrected chi connectivity index (χ2v) is 7.84. The van der Waals surface area contributed by atoms with Crippen LogP contribution in [0.1, 0.15) is 26.7 Å². The first-order chi connectivity index (χ1) is 13.9. The van der Waals surface area contributed by atoms with Crippen molar-refractivity contribution >= 4 is 41.4 Å². The van der Waals surface area contributed by atoms with Gasteiger partial charge < -0.3 is 37.0 Å². The van der Waals surface area contributed by atoms with Crippen LogP contribution in [0, 0.1) is 5.92 Å². The predicted octanol–water partition coefficient (Wildman–Crippen LogP) is -2.27. The second-order valence-electron chi connectivity index (χ2n) is 6.86. The van der Waals surface area contributed by atoms with E-state index in [9.17, 15) is 24.0 Å². The molecule has 0 saturated heterocycles. The standard InChI is InChI=1S/C17H30N4O8S/c1-8(2)13(21-14(25)9(18)6-12(23)24)16(27)19-10(4-5-30-3)15(26)20-11(7-22)17(28)29/h8-11,13,22H,4-7,18H2,1-3H3,(H,19,27)(H,20,26)(H,21,25)(H,23,24)(H,28,29). The molecule has 172 valence electrons. The summed E-state index contributed by atoms with van der Waals surface area (Å²) in [7, 11) is 0. The molecule has 0 aromatic heterocycles. The van der Waals surface area contributed by atoms with Crippen LogP contribution in [0.2, 0.25) is 0 Å². The minimum atomic E-state index is -1.53. The molecule has 0 aliphatic heterocycles. The van der Waals surface area contributed by atoms with Crippen LogP contribution in [0.15, 0.2) is 0 Å². The lowest BCUT2D eigenvalue weighted by molar-refractivity contribution is -0.143. The van der Waals surface area contributed by atoms with Crippen molar-refractivity contribution in [2.45, 2.75) is 50.9 Å². The molecular weight excluding hydrogens is 420 g/mol. The summed E-state index contributed by atoms with van der Waals surface area (Å²) in [6.45, 7) is 2.45. The zero-order valence-corrected chi connectivity index (χ0v) is 17.9. The average Bonchev–Trinajstić information content (AvgIpc) is 2.65. The largest absolute Gasteiger partial charge is 0.481 e. The monoisotopic (exact) mass is 450 g/mol. The number of nitrogens with one attached hydrogen (secondary N) is 3. The average molecular weight is 451 g/mol. The fourth-order valence-corrected chi connectivity index (χ4v) is 2.77. The van der Waals surface area contributed by atoms with E-state index in [4.69, 9.17) is 21.1 Å². The van der Waals surface area contributed by atoms with Crippen molar-refractivity contribution in [3.05, 3.63) is 0 Å². The highest BCUT2D eigenvalue weighted by molar-refractivity contribution is 7.98. The molecule has 8 N–H and O–H groups in total. The number of carbonyl (C=O) groups is 5. The quantitative estimate of drug-likeness (QED) is 0.151. The molecule has 0 aliphatic carbocycles. The summed E-state index contributed by atoms with van der Waals surface area (Å²) in [5, 5.41) is 33.8. The van der Waals surface area contributed by atoms with Gasteiger partial charge in [-0.15, -0.1) is 0 Å². The topological polar surface area (TPSA) is 208 Å². The predicted molar refractivity (Wildman–Crippen MR) is 109 cm³/mol. The first kappa shape index (κ1) is 27.6. The van der Waals surface area contributed by atoms with E-state index in [1.807, 2.05) is 0 Å². The molecule has 3 amide bonds. The molecule has 30 heavy (non-hydrogen) atoms. The number of hydrogen-bond acceptors (Lipinski definition) is 8. The molecule has 4 unspecified atom stereocenters. The second kappa shape index (κ2) is 13.8. The summed E-state index contributed by atoms with van der Waals surface area (Å²) in [5.41, 5.74) is 5.51. The summed E-state index contributed by atoms with van der Waals surface area (Å²) < 4.78 is 0. The van der Waals surface area contributed by atoms with Crippen molar-refractivity contribution in [3.63, 3.8) is 0 Å². The van der Waals surface area contributed by atoms with Crippen LogP contribution in [0.3, 0.4) is 0 Å². The van der Waals surface area contributed by atoms with Crippen molar-refractivity contribution in [1.29, 1.82) is 0 Å². The Bertz CT molecular complexity index is 631. The zero-order valence-electron chi connectivity index (χ0n) is 17.1. The van der Waals surface area contributed by atoms with Gasteiger partial charge in [-0.25, -0.2) is 4.79 Å². The lowest BCUT2D eigenvalue weighted by Gasteiger charge is -2.26. The highest BCUT2D eigenvalue weighted by Crippen LogP contribution is 2.07. The number of thioether (sulfide) groups is 1. The van der Waals surface area contributed by atoms with Crippen LogP contribution in [-0.4, -0.2) is 87.8 Å². The summed E-state index contributed by atoms with van der Waals surface area (Å²) in [6, 6.07) is -5.09. The Labute approximate surface area is 178 Å². The molecule has 0 bridgehead atoms. The van der Waals surface area contributed by atoms with Crippen molar-refractivity contribution in [2.75, 3.05) is 18.6 Å². The Morgan fingerprint density at radius 3 is 1.93 bits per heavy atom. The number of carboxylic acid groups (broad SMARTS) is 2. The van der Waals surface area contributed by atoms with Gasteiger partial charge >= 0.3 is 11.9 Å². The number of aliphatic carboxylic acids is 2. The number of carbonyl (C=O) groups excluding carboxylic acids is 3. The van der Waals surface area contributed by atoms with Gasteiger partial charge in [-0.05, 0) is 24.3 Å². The Kier molecular flexibility index (Phi) is 12.7. The molecule has 0 aromatic rings. The number of nitrogens with two attached hydrogens (primary N) is 1. The zero-order chi connectivity index (χ0) is 23.4. The van der Waals surface area contributed by atoms with E-state index >= 15 is 0 Å². The van der Waals surface area contributed by atoms with Gasteiger partial charge in [0.15, 0.2) is 0 Å². The van der Waals surface area contributed by atoms with Crippen molar-refractivity contribution in [2.24, 2.45) is 11.7 Å². The van der Waals surface area contributed by atoms with Crippen LogP contribution in [-0.2, 0) is 24.0 Å². The molecular formula is C17H30N4O8S. The lowest BCUT2D eigenvalue weighted by atomic mass is 10.0. The third-order valence-corrected chi connectivity index (χ3v) is 4.66. The van der Waals surface area contributed by atoms with Gasteiger partial charge in [-0.2, -0.15) is 11.8 Å². The molecule has 13 heteroatoms. The summed E-state index contributed by atoms with van der Waals surface area (Å²) >= 11 is 1.40. The van der Waals surface area contributed by atoms with E-state index < -0.39 is 72.8 Å². The van der Waals surface area contributed by atoms with Gasteiger partial charge in [-0.1, -0.05) is 13.8 Å². The SMILES string of the molecule is CSCCC(NC(=O)C(NC(=O)C(N)CC(=O)O)C(C)C)C(=O)NC(CO)C(=O)O. The van der Waals surface area contributed by atoms with E-state index in [1.54, 1.807) is 20.1 Å². The maximum absolute atomic E-state index is 12.7. The van der Waals surface area contributed by atoms with Crippen LogP contribution >= 0.6 is 11.8 Å². The van der Waals surface area contributed by atoms with E-state index in [-0.39, 0.29) is 6.42 Å². The number of aliphatic hydroxyl groups is 1. The Morgan fingerprint density at radius 1 is 0.933 bits per heavy atom. The number of amides is 3. The smallest absolute Gasteiger partial charge is 0.328 e. The van der Waals surface area contributed by atoms with Crippen molar-refractivity contribution in [3.8, 4) is 0 Å². The van der Waals surface area contributed by atoms with Gasteiger partial charge in [0.05, 0.1) is 19.1 Å². The third-order valence-electron chi connectivity index (χ3n) is 4.02. The summed E-state index contributed by atoms with van der Waals surface area (Å²) in [5.74, 6) is -4.98. The van der Waals surface area contributed by atoms with Gasteiger partial charge in [0, 0.05) is 0 Å². The van der Waals surface area contributed by atoms with E-state index in [1.165, 1.54) is 11.8 Å². The molecule has 0 saturated carbocycles. The number of hydrogen-bond donors (Lipinski definition) is 7. The molecule has 0 radical (unpaired) electrons. The Balaban J connectivity index is 5.30. The van der Waals surface area contributed by atoms with Crippen molar-refractivity contribution < 1.29 is 39.3 Å². The van der Waals surface area contributed by atoms with Gasteiger partial charge in [0.2, 0.25) is 17.7 Å². The van der Waals surface area contributed by atoms with Gasteiger partial charge in [-0.3, -0.25) is 19.2 Å². The van der Waals surface area contributed by atoms with Crippen LogP contribution < -0.4 is 21.7 Å². The van der Waals surface area contributed by atoms with Gasteiger partial charge in [0.25, 0.3) is 0 Å². The molecule has 12 nitrogen and oxygen atoms in total. The number of rotatable bonds is 14. The molecule has 0 spiro atoms. The molecule has 0 heterocycles. The fourth-order valence-electron chi connectivity index (χ4n) is 2.30. The van der Waals surface area contributed by atoms with Gasteiger partial charge in [0.1, 0.15) is 18.1 Å². The number of aliphatic hydroxyl groups excluding tert-OH is 1. The first-order valence-corrected chi connectivity index (χ1v) is 10.5. The minimum absolute atomic E-state index is 0.174. The maximum Gasteiger partial charge on any atom is 0.328 e. The molecule has 0 aromatic carbocycles.